The minimum Gasteiger partial charge on any atom is -0.491 e. The van der Waals surface area contributed by atoms with Gasteiger partial charge in [0.2, 0.25) is 0 Å². The SMILES string of the molecule is CC(C)CNCc1cc(OCCOC(C)(C)C)ccn1. The lowest BCUT2D eigenvalue weighted by Crippen LogP contribution is -2.22. The largest absolute Gasteiger partial charge is 0.491 e. The Labute approximate surface area is 122 Å². The number of nitrogens with zero attached hydrogens (tertiary/aromatic N) is 1. The number of ether oxygens (including phenoxy) is 2. The van der Waals surface area contributed by atoms with Gasteiger partial charge in [-0.2, -0.15) is 0 Å². The molecule has 0 spiro atoms. The van der Waals surface area contributed by atoms with Gasteiger partial charge in [0, 0.05) is 18.8 Å². The quantitative estimate of drug-likeness (QED) is 0.743. The molecule has 0 aromatic carbocycles. The molecular weight excluding hydrogens is 252 g/mol. The lowest BCUT2D eigenvalue weighted by atomic mass is 10.2. The molecule has 0 unspecified atom stereocenters. The van der Waals surface area contributed by atoms with Gasteiger partial charge in [0.05, 0.1) is 17.9 Å². The van der Waals surface area contributed by atoms with E-state index in [9.17, 15) is 0 Å². The van der Waals surface area contributed by atoms with Crippen LogP contribution in [0, 0.1) is 5.92 Å². The molecule has 1 heterocycles. The van der Waals surface area contributed by atoms with Crippen molar-refractivity contribution in [3.63, 3.8) is 0 Å². The molecule has 1 aromatic rings. The molecule has 0 radical (unpaired) electrons. The van der Waals surface area contributed by atoms with Crippen molar-refractivity contribution in [2.75, 3.05) is 19.8 Å². The number of hydrogen-bond acceptors (Lipinski definition) is 4. The van der Waals surface area contributed by atoms with Crippen molar-refractivity contribution in [3.8, 4) is 5.75 Å². The molecule has 1 rings (SSSR count). The zero-order valence-electron chi connectivity index (χ0n) is 13.4. The van der Waals surface area contributed by atoms with Crippen molar-refractivity contribution in [1.29, 1.82) is 0 Å². The van der Waals surface area contributed by atoms with Crippen molar-refractivity contribution in [2.45, 2.75) is 46.8 Å². The predicted molar refractivity (Wildman–Crippen MR) is 82.0 cm³/mol. The summed E-state index contributed by atoms with van der Waals surface area (Å²) in [5.41, 5.74) is 0.882. The monoisotopic (exact) mass is 280 g/mol. The van der Waals surface area contributed by atoms with E-state index in [2.05, 4.69) is 24.1 Å². The van der Waals surface area contributed by atoms with Gasteiger partial charge in [-0.15, -0.1) is 0 Å². The molecule has 0 aliphatic carbocycles. The second-order valence-electron chi connectivity index (χ2n) is 6.32. The molecule has 0 saturated heterocycles. The molecular formula is C16H28N2O2. The summed E-state index contributed by atoms with van der Waals surface area (Å²) in [4.78, 5) is 4.33. The summed E-state index contributed by atoms with van der Waals surface area (Å²) in [5.74, 6) is 1.49. The average Bonchev–Trinajstić information content (AvgIpc) is 2.34. The Hall–Kier alpha value is -1.13. The van der Waals surface area contributed by atoms with E-state index in [0.29, 0.717) is 19.1 Å². The van der Waals surface area contributed by atoms with E-state index < -0.39 is 0 Å². The van der Waals surface area contributed by atoms with E-state index >= 15 is 0 Å². The van der Waals surface area contributed by atoms with Crippen molar-refractivity contribution in [3.05, 3.63) is 24.0 Å². The van der Waals surface area contributed by atoms with Crippen molar-refractivity contribution in [1.82, 2.24) is 10.3 Å². The maximum atomic E-state index is 5.68. The number of nitrogens with one attached hydrogen (secondary N) is 1. The Kier molecular flexibility index (Phi) is 6.96. The predicted octanol–water partition coefficient (Wildman–Crippen LogP) is 3.02. The molecule has 0 aliphatic heterocycles. The van der Waals surface area contributed by atoms with Gasteiger partial charge in [0.15, 0.2) is 0 Å². The summed E-state index contributed by atoms with van der Waals surface area (Å²) in [5, 5.41) is 3.37. The summed E-state index contributed by atoms with van der Waals surface area (Å²) in [6.07, 6.45) is 1.78. The van der Waals surface area contributed by atoms with Gasteiger partial charge in [-0.3, -0.25) is 4.98 Å². The highest BCUT2D eigenvalue weighted by atomic mass is 16.5. The van der Waals surface area contributed by atoms with Crippen LogP contribution in [0.2, 0.25) is 0 Å². The molecule has 20 heavy (non-hydrogen) atoms. The van der Waals surface area contributed by atoms with Crippen LogP contribution < -0.4 is 10.1 Å². The van der Waals surface area contributed by atoms with Gasteiger partial charge < -0.3 is 14.8 Å². The summed E-state index contributed by atoms with van der Waals surface area (Å²) < 4.78 is 11.3. The van der Waals surface area contributed by atoms with Gasteiger partial charge in [0.1, 0.15) is 12.4 Å². The highest BCUT2D eigenvalue weighted by molar-refractivity contribution is 5.22. The van der Waals surface area contributed by atoms with Crippen LogP contribution in [0.3, 0.4) is 0 Å². The first-order valence-corrected chi connectivity index (χ1v) is 7.29. The molecule has 0 amide bonds. The molecule has 4 heteroatoms. The summed E-state index contributed by atoms with van der Waals surface area (Å²) in [7, 11) is 0. The molecule has 1 N–H and O–H groups in total. The molecule has 0 aliphatic rings. The molecule has 4 nitrogen and oxygen atoms in total. The van der Waals surface area contributed by atoms with Crippen LogP contribution in [-0.4, -0.2) is 30.3 Å². The van der Waals surface area contributed by atoms with Crippen LogP contribution >= 0.6 is 0 Å². The minimum atomic E-state index is -0.118. The Morgan fingerprint density at radius 2 is 2.00 bits per heavy atom. The summed E-state index contributed by atoms with van der Waals surface area (Å²) >= 11 is 0. The molecule has 0 atom stereocenters. The van der Waals surface area contributed by atoms with Crippen LogP contribution in [0.25, 0.3) is 0 Å². The summed E-state index contributed by atoms with van der Waals surface area (Å²) in [6, 6.07) is 3.85. The van der Waals surface area contributed by atoms with Gasteiger partial charge in [0.25, 0.3) is 0 Å². The van der Waals surface area contributed by atoms with E-state index in [4.69, 9.17) is 9.47 Å². The molecule has 0 fully saturated rings. The maximum absolute atomic E-state index is 5.68. The fourth-order valence-electron chi connectivity index (χ4n) is 1.64. The van der Waals surface area contributed by atoms with Crippen LogP contribution in [0.15, 0.2) is 18.3 Å². The third kappa shape index (κ3) is 8.12. The van der Waals surface area contributed by atoms with Gasteiger partial charge in [-0.05, 0) is 39.3 Å². The molecule has 0 bridgehead atoms. The normalized spacial score (nSPS) is 11.9. The first-order chi connectivity index (χ1) is 9.37. The van der Waals surface area contributed by atoms with E-state index in [1.165, 1.54) is 0 Å². The van der Waals surface area contributed by atoms with E-state index in [-0.39, 0.29) is 5.60 Å². The second kappa shape index (κ2) is 8.22. The number of pyridine rings is 1. The van der Waals surface area contributed by atoms with Gasteiger partial charge in [-0.1, -0.05) is 13.8 Å². The zero-order chi connectivity index (χ0) is 15.0. The number of rotatable bonds is 8. The lowest BCUT2D eigenvalue weighted by Gasteiger charge is -2.19. The van der Waals surface area contributed by atoms with E-state index in [1.807, 2.05) is 32.9 Å². The lowest BCUT2D eigenvalue weighted by molar-refractivity contribution is -0.0163. The fraction of sp³-hybridized carbons (Fsp3) is 0.688. The smallest absolute Gasteiger partial charge is 0.122 e. The summed E-state index contributed by atoms with van der Waals surface area (Å²) in [6.45, 7) is 13.4. The Balaban J connectivity index is 2.32. The minimum absolute atomic E-state index is 0.118. The van der Waals surface area contributed by atoms with E-state index in [0.717, 1.165) is 24.5 Å². The maximum Gasteiger partial charge on any atom is 0.122 e. The third-order valence-corrected chi connectivity index (χ3v) is 2.53. The average molecular weight is 280 g/mol. The second-order valence-corrected chi connectivity index (χ2v) is 6.32. The van der Waals surface area contributed by atoms with Crippen LogP contribution in [0.4, 0.5) is 0 Å². The first kappa shape index (κ1) is 16.9. The Morgan fingerprint density at radius 3 is 2.65 bits per heavy atom. The first-order valence-electron chi connectivity index (χ1n) is 7.29. The van der Waals surface area contributed by atoms with Crippen molar-refractivity contribution in [2.24, 2.45) is 5.92 Å². The zero-order valence-corrected chi connectivity index (χ0v) is 13.4. The Morgan fingerprint density at radius 1 is 1.25 bits per heavy atom. The fourth-order valence-corrected chi connectivity index (χ4v) is 1.64. The highest BCUT2D eigenvalue weighted by Crippen LogP contribution is 2.12. The molecule has 1 aromatic heterocycles. The number of aromatic nitrogens is 1. The van der Waals surface area contributed by atoms with Crippen LogP contribution in [0.5, 0.6) is 5.75 Å². The molecule has 0 saturated carbocycles. The van der Waals surface area contributed by atoms with Crippen LogP contribution in [-0.2, 0) is 11.3 Å². The molecule has 114 valence electrons. The third-order valence-electron chi connectivity index (χ3n) is 2.53. The van der Waals surface area contributed by atoms with E-state index in [1.54, 1.807) is 6.20 Å². The van der Waals surface area contributed by atoms with Crippen molar-refractivity contribution >= 4 is 0 Å². The topological polar surface area (TPSA) is 43.4 Å². The highest BCUT2D eigenvalue weighted by Gasteiger charge is 2.09. The Bertz CT molecular complexity index is 386. The standard InChI is InChI=1S/C16H28N2O2/c1-13(2)11-17-12-14-10-15(6-7-18-14)19-8-9-20-16(3,4)5/h6-7,10,13,17H,8-9,11-12H2,1-5H3. The van der Waals surface area contributed by atoms with Gasteiger partial charge >= 0.3 is 0 Å². The van der Waals surface area contributed by atoms with Gasteiger partial charge in [-0.25, -0.2) is 0 Å². The van der Waals surface area contributed by atoms with Crippen LogP contribution in [0.1, 0.15) is 40.3 Å². The number of hydrogen-bond donors (Lipinski definition) is 1. The van der Waals surface area contributed by atoms with Crippen molar-refractivity contribution < 1.29 is 9.47 Å².